The maximum atomic E-state index is 14.7. The van der Waals surface area contributed by atoms with E-state index in [9.17, 15) is 23.2 Å². The first-order valence-corrected chi connectivity index (χ1v) is 11.8. The fourth-order valence-electron chi connectivity index (χ4n) is 3.60. The van der Waals surface area contributed by atoms with Crippen LogP contribution >= 0.6 is 0 Å². The Hall–Kier alpha value is -3.49. The molecule has 0 spiro atoms. The van der Waals surface area contributed by atoms with Gasteiger partial charge in [-0.2, -0.15) is 0 Å². The van der Waals surface area contributed by atoms with Gasteiger partial charge in [0.2, 0.25) is 5.91 Å². The number of carbonyl (C=O) groups excluding carboxylic acids is 3. The number of carbonyl (C=O) groups is 3. The summed E-state index contributed by atoms with van der Waals surface area (Å²) in [4.78, 5) is 34.6. The lowest BCUT2D eigenvalue weighted by Gasteiger charge is -2.33. The number of benzene rings is 2. The number of hydrogen-bond acceptors (Lipinski definition) is 6. The highest BCUT2D eigenvalue weighted by molar-refractivity contribution is 5.74. The molecule has 2 aromatic rings. The fourth-order valence-corrected chi connectivity index (χ4v) is 3.60. The van der Waals surface area contributed by atoms with E-state index in [0.29, 0.717) is 25.0 Å². The van der Waals surface area contributed by atoms with Crippen molar-refractivity contribution in [3.8, 4) is 16.9 Å². The molecular weight excluding hydrogens is 472 g/mol. The molecule has 9 heteroatoms. The van der Waals surface area contributed by atoms with Crippen LogP contribution in [0.25, 0.3) is 11.1 Å². The molecule has 36 heavy (non-hydrogen) atoms. The van der Waals surface area contributed by atoms with Gasteiger partial charge in [0, 0.05) is 32.4 Å². The van der Waals surface area contributed by atoms with Gasteiger partial charge in [-0.05, 0) is 36.5 Å². The number of nitrogens with one attached hydrogen (secondary N) is 1. The summed E-state index contributed by atoms with van der Waals surface area (Å²) in [6.07, 6.45) is 2.34. The first-order valence-electron chi connectivity index (χ1n) is 11.8. The zero-order chi connectivity index (χ0) is 26.7. The van der Waals surface area contributed by atoms with Crippen molar-refractivity contribution in [1.82, 2.24) is 5.32 Å². The lowest BCUT2D eigenvalue weighted by atomic mass is 9.91. The van der Waals surface area contributed by atoms with Crippen molar-refractivity contribution in [3.63, 3.8) is 0 Å². The van der Waals surface area contributed by atoms with Gasteiger partial charge >= 0.3 is 11.9 Å². The van der Waals surface area contributed by atoms with E-state index in [0.717, 1.165) is 30.5 Å². The van der Waals surface area contributed by atoms with E-state index in [2.05, 4.69) is 5.32 Å². The van der Waals surface area contributed by atoms with Gasteiger partial charge in [0.25, 0.3) is 0 Å². The molecule has 7 nitrogen and oxygen atoms in total. The van der Waals surface area contributed by atoms with Gasteiger partial charge in [-0.3, -0.25) is 14.4 Å². The van der Waals surface area contributed by atoms with Crippen LogP contribution in [0.4, 0.5) is 8.78 Å². The van der Waals surface area contributed by atoms with Crippen LogP contribution in [0.5, 0.6) is 5.75 Å². The van der Waals surface area contributed by atoms with Gasteiger partial charge in [-0.1, -0.05) is 37.6 Å². The number of ether oxygens (including phenoxy) is 3. The van der Waals surface area contributed by atoms with Crippen LogP contribution in [0.1, 0.15) is 52.5 Å². The van der Waals surface area contributed by atoms with Gasteiger partial charge in [0.15, 0.2) is 11.6 Å². The lowest BCUT2D eigenvalue weighted by Crippen LogP contribution is -2.55. The van der Waals surface area contributed by atoms with Crippen LogP contribution in [0, 0.1) is 11.6 Å². The van der Waals surface area contributed by atoms with Crippen molar-refractivity contribution in [1.29, 1.82) is 0 Å². The van der Waals surface area contributed by atoms with E-state index in [4.69, 9.17) is 14.2 Å². The summed E-state index contributed by atoms with van der Waals surface area (Å²) in [6.45, 7) is 5.75. The molecule has 2 aromatic carbocycles. The molecule has 2 rings (SSSR count). The SMILES string of the molecule is CCCCOc1cc(F)c(-c2ccc(CCC(COC(C)=O)(COC(C)=O)NC(C)=O)cc2)cc1F. The number of aryl methyl sites for hydroxylation is 1. The number of halogens is 2. The van der Waals surface area contributed by atoms with Crippen molar-refractivity contribution in [2.45, 2.75) is 58.9 Å². The Morgan fingerprint density at radius 1 is 0.917 bits per heavy atom. The Morgan fingerprint density at radius 3 is 2.06 bits per heavy atom. The van der Waals surface area contributed by atoms with Crippen molar-refractivity contribution in [2.24, 2.45) is 0 Å². The molecule has 0 heterocycles. The van der Waals surface area contributed by atoms with E-state index in [1.54, 1.807) is 24.3 Å². The second-order valence-electron chi connectivity index (χ2n) is 8.68. The number of hydrogen-bond donors (Lipinski definition) is 1. The van der Waals surface area contributed by atoms with Crippen LogP contribution in [0.15, 0.2) is 36.4 Å². The van der Waals surface area contributed by atoms with E-state index in [-0.39, 0.29) is 30.4 Å². The highest BCUT2D eigenvalue weighted by atomic mass is 19.1. The minimum absolute atomic E-state index is 0.110. The minimum atomic E-state index is -1.12. The maximum Gasteiger partial charge on any atom is 0.302 e. The van der Waals surface area contributed by atoms with Crippen molar-refractivity contribution in [2.75, 3.05) is 19.8 Å². The van der Waals surface area contributed by atoms with Crippen molar-refractivity contribution < 1.29 is 37.4 Å². The molecule has 0 bridgehead atoms. The van der Waals surface area contributed by atoms with Crippen molar-refractivity contribution in [3.05, 3.63) is 53.6 Å². The summed E-state index contributed by atoms with van der Waals surface area (Å²) >= 11 is 0. The van der Waals surface area contributed by atoms with Crippen LogP contribution in [-0.4, -0.2) is 43.2 Å². The predicted octanol–water partition coefficient (Wildman–Crippen LogP) is 4.74. The molecule has 0 aliphatic rings. The third-order valence-corrected chi connectivity index (χ3v) is 5.48. The third-order valence-electron chi connectivity index (χ3n) is 5.48. The summed E-state index contributed by atoms with van der Waals surface area (Å²) in [5.41, 5.74) is 0.312. The molecule has 0 saturated carbocycles. The Morgan fingerprint density at radius 2 is 1.53 bits per heavy atom. The number of rotatable bonds is 13. The minimum Gasteiger partial charge on any atom is -0.490 e. The topological polar surface area (TPSA) is 90.9 Å². The summed E-state index contributed by atoms with van der Waals surface area (Å²) < 4.78 is 44.7. The van der Waals surface area contributed by atoms with Crippen LogP contribution in [0.2, 0.25) is 0 Å². The Balaban J connectivity index is 2.19. The second-order valence-corrected chi connectivity index (χ2v) is 8.68. The molecule has 1 amide bonds. The third kappa shape index (κ3) is 8.94. The standard InChI is InChI=1S/C27H33F2NO6/c1-5-6-13-34-26-15-24(28)23(14-25(26)29)22-9-7-21(8-10-22)11-12-27(30-18(2)31,16-35-19(3)32)17-36-20(4)33/h7-10,14-15H,5-6,11-13,16-17H2,1-4H3,(H,30,31). The fraction of sp³-hybridized carbons (Fsp3) is 0.444. The summed E-state index contributed by atoms with van der Waals surface area (Å²) in [6, 6.07) is 9.03. The zero-order valence-corrected chi connectivity index (χ0v) is 21.1. The zero-order valence-electron chi connectivity index (χ0n) is 21.1. The van der Waals surface area contributed by atoms with E-state index >= 15 is 0 Å². The molecule has 0 radical (unpaired) electrons. The lowest BCUT2D eigenvalue weighted by molar-refractivity contribution is -0.150. The van der Waals surface area contributed by atoms with Gasteiger partial charge in [0.1, 0.15) is 24.6 Å². The smallest absolute Gasteiger partial charge is 0.302 e. The Bertz CT molecular complexity index is 1040. The predicted molar refractivity (Wildman–Crippen MR) is 130 cm³/mol. The largest absolute Gasteiger partial charge is 0.490 e. The quantitative estimate of drug-likeness (QED) is 0.312. The maximum absolute atomic E-state index is 14.7. The van der Waals surface area contributed by atoms with Gasteiger partial charge in [-0.15, -0.1) is 0 Å². The molecule has 0 atom stereocenters. The Labute approximate surface area is 210 Å². The van der Waals surface area contributed by atoms with Crippen molar-refractivity contribution >= 4 is 17.8 Å². The van der Waals surface area contributed by atoms with E-state index in [1.165, 1.54) is 20.8 Å². The second kappa shape index (κ2) is 13.6. The van der Waals surface area contributed by atoms with Gasteiger partial charge < -0.3 is 19.5 Å². The molecular formula is C27H33F2NO6. The number of esters is 2. The number of unbranched alkanes of at least 4 members (excludes halogenated alkanes) is 1. The first-order chi connectivity index (χ1) is 17.0. The molecule has 196 valence electrons. The molecule has 0 saturated heterocycles. The van der Waals surface area contributed by atoms with Crippen LogP contribution in [0.3, 0.4) is 0 Å². The number of amides is 1. The monoisotopic (exact) mass is 505 g/mol. The highest BCUT2D eigenvalue weighted by Crippen LogP contribution is 2.30. The molecule has 1 N–H and O–H groups in total. The summed E-state index contributed by atoms with van der Waals surface area (Å²) in [5, 5.41) is 2.75. The molecule has 0 aromatic heterocycles. The van der Waals surface area contributed by atoms with Gasteiger partial charge in [0.05, 0.1) is 6.61 Å². The molecule has 0 aliphatic carbocycles. The first kappa shape index (κ1) is 28.7. The summed E-state index contributed by atoms with van der Waals surface area (Å²) in [5.74, 6) is -2.79. The highest BCUT2D eigenvalue weighted by Gasteiger charge is 2.34. The normalized spacial score (nSPS) is 11.1. The van der Waals surface area contributed by atoms with Crippen LogP contribution in [-0.2, 0) is 30.3 Å². The Kier molecular flexibility index (Phi) is 10.8. The molecule has 0 unspecified atom stereocenters. The van der Waals surface area contributed by atoms with Crippen LogP contribution < -0.4 is 10.1 Å². The van der Waals surface area contributed by atoms with Gasteiger partial charge in [-0.25, -0.2) is 8.78 Å². The molecule has 0 fully saturated rings. The average molecular weight is 506 g/mol. The van der Waals surface area contributed by atoms with E-state index in [1.807, 2.05) is 6.92 Å². The van der Waals surface area contributed by atoms with E-state index < -0.39 is 29.1 Å². The summed E-state index contributed by atoms with van der Waals surface area (Å²) in [7, 11) is 0. The average Bonchev–Trinajstić information content (AvgIpc) is 2.82. The molecule has 0 aliphatic heterocycles.